The molecule has 0 bridgehead atoms. The van der Waals surface area contributed by atoms with Crippen molar-refractivity contribution in [1.82, 2.24) is 25.1 Å². The predicted molar refractivity (Wildman–Crippen MR) is 94.0 cm³/mol. The average Bonchev–Trinajstić information content (AvgIpc) is 3.24. The first-order chi connectivity index (χ1) is 12.2. The molecule has 0 unspecified atom stereocenters. The standard InChI is InChI=1S/C17H16BrN5O2/c18-16-4-3-15(25-16)17(24)21-7-8-23-14(11-1-2-11)9-12(22-23)13-10-19-5-6-20-13/h3-6,9-11H,1-2,7-8H2,(H,21,24). The highest BCUT2D eigenvalue weighted by Crippen LogP contribution is 2.41. The summed E-state index contributed by atoms with van der Waals surface area (Å²) in [6.45, 7) is 1.07. The molecule has 0 aliphatic heterocycles. The van der Waals surface area contributed by atoms with Crippen LogP contribution in [-0.2, 0) is 6.54 Å². The molecule has 128 valence electrons. The molecule has 1 aliphatic carbocycles. The Kier molecular flexibility index (Phi) is 4.35. The van der Waals surface area contributed by atoms with E-state index in [1.54, 1.807) is 30.7 Å². The van der Waals surface area contributed by atoms with Crippen LogP contribution in [-0.4, -0.2) is 32.2 Å². The number of halogens is 1. The third kappa shape index (κ3) is 3.63. The zero-order valence-electron chi connectivity index (χ0n) is 13.4. The smallest absolute Gasteiger partial charge is 0.287 e. The Labute approximate surface area is 152 Å². The second-order valence-electron chi connectivity index (χ2n) is 5.90. The minimum absolute atomic E-state index is 0.236. The van der Waals surface area contributed by atoms with Crippen molar-refractivity contribution < 1.29 is 9.21 Å². The van der Waals surface area contributed by atoms with Gasteiger partial charge in [-0.3, -0.25) is 19.4 Å². The molecule has 1 aliphatic rings. The van der Waals surface area contributed by atoms with Gasteiger partial charge in [0.1, 0.15) is 11.4 Å². The van der Waals surface area contributed by atoms with Crippen LogP contribution in [0, 0.1) is 0 Å². The number of carbonyl (C=O) groups excluding carboxylic acids is 1. The van der Waals surface area contributed by atoms with Crippen molar-refractivity contribution in [1.29, 1.82) is 0 Å². The Balaban J connectivity index is 1.45. The second-order valence-corrected chi connectivity index (χ2v) is 6.68. The van der Waals surface area contributed by atoms with E-state index >= 15 is 0 Å². The molecule has 3 aromatic rings. The van der Waals surface area contributed by atoms with E-state index < -0.39 is 0 Å². The van der Waals surface area contributed by atoms with Gasteiger partial charge in [-0.2, -0.15) is 5.10 Å². The lowest BCUT2D eigenvalue weighted by molar-refractivity contribution is 0.0923. The zero-order valence-corrected chi connectivity index (χ0v) is 14.9. The lowest BCUT2D eigenvalue weighted by atomic mass is 10.2. The number of furan rings is 1. The van der Waals surface area contributed by atoms with Crippen LogP contribution < -0.4 is 5.32 Å². The van der Waals surface area contributed by atoms with Gasteiger partial charge < -0.3 is 9.73 Å². The van der Waals surface area contributed by atoms with Gasteiger partial charge in [0, 0.05) is 30.6 Å². The van der Waals surface area contributed by atoms with Crippen LogP contribution in [0.5, 0.6) is 0 Å². The van der Waals surface area contributed by atoms with Crippen molar-refractivity contribution in [3.8, 4) is 11.4 Å². The van der Waals surface area contributed by atoms with Gasteiger partial charge in [-0.05, 0) is 47.0 Å². The number of rotatable bonds is 6. The summed E-state index contributed by atoms with van der Waals surface area (Å²) in [7, 11) is 0. The van der Waals surface area contributed by atoms with Crippen molar-refractivity contribution in [2.24, 2.45) is 0 Å². The van der Waals surface area contributed by atoms with Gasteiger partial charge in [0.05, 0.1) is 12.7 Å². The van der Waals surface area contributed by atoms with E-state index in [1.807, 2.05) is 4.68 Å². The van der Waals surface area contributed by atoms with E-state index in [4.69, 9.17) is 4.42 Å². The average molecular weight is 402 g/mol. The summed E-state index contributed by atoms with van der Waals surface area (Å²) >= 11 is 3.19. The molecule has 1 fully saturated rings. The normalized spacial score (nSPS) is 13.8. The highest BCUT2D eigenvalue weighted by molar-refractivity contribution is 9.10. The number of aromatic nitrogens is 4. The summed E-state index contributed by atoms with van der Waals surface area (Å²) in [5.74, 6) is 0.602. The summed E-state index contributed by atoms with van der Waals surface area (Å²) in [6.07, 6.45) is 7.37. The van der Waals surface area contributed by atoms with Crippen LogP contribution in [0.3, 0.4) is 0 Å². The van der Waals surface area contributed by atoms with E-state index in [9.17, 15) is 4.79 Å². The van der Waals surface area contributed by atoms with Crippen LogP contribution in [0.4, 0.5) is 0 Å². The Morgan fingerprint density at radius 3 is 2.88 bits per heavy atom. The van der Waals surface area contributed by atoms with Crippen LogP contribution in [0.2, 0.25) is 0 Å². The Morgan fingerprint density at radius 1 is 1.32 bits per heavy atom. The monoisotopic (exact) mass is 401 g/mol. The molecule has 0 aromatic carbocycles. The molecule has 4 rings (SSSR count). The largest absolute Gasteiger partial charge is 0.444 e. The molecule has 1 saturated carbocycles. The van der Waals surface area contributed by atoms with Crippen molar-refractivity contribution in [3.05, 3.63) is 52.9 Å². The van der Waals surface area contributed by atoms with Gasteiger partial charge in [-0.1, -0.05) is 0 Å². The second kappa shape index (κ2) is 6.79. The molecular weight excluding hydrogens is 386 g/mol. The highest BCUT2D eigenvalue weighted by Gasteiger charge is 2.28. The summed E-state index contributed by atoms with van der Waals surface area (Å²) in [5.41, 5.74) is 2.76. The summed E-state index contributed by atoms with van der Waals surface area (Å²) in [5, 5.41) is 7.50. The number of nitrogens with one attached hydrogen (secondary N) is 1. The first-order valence-electron chi connectivity index (χ1n) is 8.08. The molecule has 0 saturated heterocycles. The van der Waals surface area contributed by atoms with E-state index in [-0.39, 0.29) is 11.7 Å². The first-order valence-corrected chi connectivity index (χ1v) is 8.87. The maximum Gasteiger partial charge on any atom is 0.287 e. The van der Waals surface area contributed by atoms with E-state index in [1.165, 1.54) is 18.5 Å². The van der Waals surface area contributed by atoms with Crippen molar-refractivity contribution in [3.63, 3.8) is 0 Å². The van der Waals surface area contributed by atoms with Crippen LogP contribution in [0.15, 0.2) is 45.9 Å². The molecule has 1 N–H and O–H groups in total. The Bertz CT molecular complexity index is 886. The quantitative estimate of drug-likeness (QED) is 0.685. The molecule has 25 heavy (non-hydrogen) atoms. The maximum absolute atomic E-state index is 12.0. The molecule has 0 atom stereocenters. The number of nitrogens with zero attached hydrogens (tertiary/aromatic N) is 4. The lowest BCUT2D eigenvalue weighted by Gasteiger charge is -2.07. The molecule has 0 spiro atoms. The zero-order chi connectivity index (χ0) is 17.2. The third-order valence-corrected chi connectivity index (χ3v) is 4.46. The summed E-state index contributed by atoms with van der Waals surface area (Å²) < 4.78 is 7.74. The predicted octanol–water partition coefficient (Wildman–Crippen LogP) is 3.00. The van der Waals surface area contributed by atoms with Gasteiger partial charge >= 0.3 is 0 Å². The van der Waals surface area contributed by atoms with Crippen molar-refractivity contribution in [2.75, 3.05) is 6.54 Å². The molecule has 0 radical (unpaired) electrons. The Hall–Kier alpha value is -2.48. The maximum atomic E-state index is 12.0. The van der Waals surface area contributed by atoms with Gasteiger partial charge in [0.2, 0.25) is 0 Å². The van der Waals surface area contributed by atoms with E-state index in [0.717, 1.165) is 11.4 Å². The first kappa shape index (κ1) is 16.0. The minimum atomic E-state index is -0.236. The SMILES string of the molecule is O=C(NCCn1nc(-c2cnccn2)cc1C1CC1)c1ccc(Br)o1. The van der Waals surface area contributed by atoms with Crippen molar-refractivity contribution >= 4 is 21.8 Å². The minimum Gasteiger partial charge on any atom is -0.444 e. The lowest BCUT2D eigenvalue weighted by Crippen LogP contribution is -2.27. The molecular formula is C17H16BrN5O2. The van der Waals surface area contributed by atoms with Crippen LogP contribution >= 0.6 is 15.9 Å². The topological polar surface area (TPSA) is 85.8 Å². The Morgan fingerprint density at radius 2 is 2.20 bits per heavy atom. The van der Waals surface area contributed by atoms with Crippen LogP contribution in [0.1, 0.15) is 35.0 Å². The molecule has 8 heteroatoms. The molecule has 3 aromatic heterocycles. The van der Waals surface area contributed by atoms with Gasteiger partial charge in [0.25, 0.3) is 5.91 Å². The van der Waals surface area contributed by atoms with E-state index in [2.05, 4.69) is 42.4 Å². The number of carbonyl (C=O) groups is 1. The number of amides is 1. The number of hydrogen-bond donors (Lipinski definition) is 1. The van der Waals surface area contributed by atoms with Crippen LogP contribution in [0.25, 0.3) is 11.4 Å². The van der Waals surface area contributed by atoms with Gasteiger partial charge in [-0.15, -0.1) is 0 Å². The summed E-state index contributed by atoms with van der Waals surface area (Å²) in [6, 6.07) is 5.41. The number of hydrogen-bond acceptors (Lipinski definition) is 5. The van der Waals surface area contributed by atoms with Gasteiger partial charge in [-0.25, -0.2) is 0 Å². The van der Waals surface area contributed by atoms with Crippen molar-refractivity contribution in [2.45, 2.75) is 25.3 Å². The van der Waals surface area contributed by atoms with E-state index in [0.29, 0.717) is 23.7 Å². The molecule has 7 nitrogen and oxygen atoms in total. The third-order valence-electron chi connectivity index (χ3n) is 4.04. The fourth-order valence-corrected chi connectivity index (χ4v) is 2.98. The van der Waals surface area contributed by atoms with Gasteiger partial charge in [0.15, 0.2) is 10.4 Å². The fraction of sp³-hybridized carbons (Fsp3) is 0.294. The molecule has 3 heterocycles. The fourth-order valence-electron chi connectivity index (χ4n) is 2.67. The molecule has 1 amide bonds. The summed E-state index contributed by atoms with van der Waals surface area (Å²) in [4.78, 5) is 20.4. The highest BCUT2D eigenvalue weighted by atomic mass is 79.9.